The Kier molecular flexibility index (Phi) is 4.77. The molecule has 4 rings (SSSR count). The minimum Gasteiger partial charge on any atom is -0.354 e. The van der Waals surface area contributed by atoms with E-state index in [1.165, 1.54) is 0 Å². The third-order valence-corrected chi connectivity index (χ3v) is 5.83. The molecule has 2 saturated heterocycles. The number of piperidine rings is 2. The van der Waals surface area contributed by atoms with Crippen molar-refractivity contribution in [3.8, 4) is 0 Å². The molecule has 0 bridgehead atoms. The number of nitrogens with zero attached hydrogens (tertiary/aromatic N) is 4. The van der Waals surface area contributed by atoms with Gasteiger partial charge in [0, 0.05) is 30.2 Å². The Bertz CT molecular complexity index is 843. The van der Waals surface area contributed by atoms with E-state index in [0.29, 0.717) is 12.2 Å². The molecule has 1 amide bonds. The summed E-state index contributed by atoms with van der Waals surface area (Å²) in [4.78, 5) is 31.2. The average Bonchev–Trinajstić information content (AvgIpc) is 3.07. The lowest BCUT2D eigenvalue weighted by molar-refractivity contribution is -0.126. The molecule has 1 atom stereocenters. The monoisotopic (exact) mass is 385 g/mol. The van der Waals surface area contributed by atoms with Crippen LogP contribution in [0.3, 0.4) is 0 Å². The van der Waals surface area contributed by atoms with Crippen molar-refractivity contribution in [3.63, 3.8) is 0 Å². The van der Waals surface area contributed by atoms with Crippen LogP contribution in [0, 0.1) is 5.92 Å². The number of imidazole rings is 1. The van der Waals surface area contributed by atoms with Gasteiger partial charge in [-0.2, -0.15) is 0 Å². The molecular weight excluding hydrogens is 354 g/mol. The third kappa shape index (κ3) is 3.97. The smallest absolute Gasteiger partial charge is 0.225 e. The highest BCUT2D eigenvalue weighted by Gasteiger charge is 2.39. The molecule has 152 valence electrons. The van der Waals surface area contributed by atoms with Crippen LogP contribution in [-0.2, 0) is 4.79 Å². The molecular formula is C20H31N7O. The highest BCUT2D eigenvalue weighted by Crippen LogP contribution is 2.30. The quantitative estimate of drug-likeness (QED) is 0.747. The van der Waals surface area contributed by atoms with Gasteiger partial charge in [0.05, 0.1) is 12.2 Å². The summed E-state index contributed by atoms with van der Waals surface area (Å²) in [5, 5.41) is 7.02. The average molecular weight is 386 g/mol. The number of carbonyl (C=O) groups is 1. The number of carbonyl (C=O) groups excluding carboxylic acids is 1. The second-order valence-corrected chi connectivity index (χ2v) is 9.59. The van der Waals surface area contributed by atoms with Gasteiger partial charge in [0.25, 0.3) is 0 Å². The number of aromatic amines is 1. The molecule has 2 fully saturated rings. The molecule has 8 heteroatoms. The fourth-order valence-electron chi connectivity index (χ4n) is 5.12. The molecule has 0 aromatic carbocycles. The van der Waals surface area contributed by atoms with Gasteiger partial charge in [-0.15, -0.1) is 0 Å². The van der Waals surface area contributed by atoms with Crippen LogP contribution in [0.25, 0.3) is 11.2 Å². The molecule has 0 aliphatic carbocycles. The second-order valence-electron chi connectivity index (χ2n) is 9.59. The summed E-state index contributed by atoms with van der Waals surface area (Å²) in [6.07, 6.45) is 6.95. The number of hydrogen-bond donors (Lipinski definition) is 3. The third-order valence-electron chi connectivity index (χ3n) is 5.83. The van der Waals surface area contributed by atoms with Crippen LogP contribution >= 0.6 is 0 Å². The van der Waals surface area contributed by atoms with Crippen molar-refractivity contribution in [1.82, 2.24) is 30.6 Å². The van der Waals surface area contributed by atoms with Gasteiger partial charge in [0.15, 0.2) is 11.5 Å². The number of amides is 1. The van der Waals surface area contributed by atoms with Crippen LogP contribution in [0.4, 0.5) is 5.82 Å². The molecule has 2 aromatic rings. The van der Waals surface area contributed by atoms with Crippen molar-refractivity contribution in [3.05, 3.63) is 12.7 Å². The summed E-state index contributed by atoms with van der Waals surface area (Å²) in [5.41, 5.74) is 1.54. The number of fused-ring (bicyclic) bond motifs is 1. The number of anilines is 1. The van der Waals surface area contributed by atoms with Crippen molar-refractivity contribution in [1.29, 1.82) is 0 Å². The molecule has 0 saturated carbocycles. The molecule has 2 aromatic heterocycles. The summed E-state index contributed by atoms with van der Waals surface area (Å²) >= 11 is 0. The van der Waals surface area contributed by atoms with E-state index in [4.69, 9.17) is 0 Å². The number of rotatable bonds is 3. The highest BCUT2D eigenvalue weighted by molar-refractivity contribution is 5.84. The molecule has 4 heterocycles. The van der Waals surface area contributed by atoms with Gasteiger partial charge in [0.2, 0.25) is 5.91 Å². The van der Waals surface area contributed by atoms with Crippen LogP contribution < -0.4 is 15.5 Å². The largest absolute Gasteiger partial charge is 0.354 e. The van der Waals surface area contributed by atoms with Gasteiger partial charge in [0.1, 0.15) is 11.8 Å². The fourth-order valence-corrected chi connectivity index (χ4v) is 5.12. The summed E-state index contributed by atoms with van der Waals surface area (Å²) in [6, 6.07) is 0.201. The van der Waals surface area contributed by atoms with E-state index in [-0.39, 0.29) is 28.9 Å². The van der Waals surface area contributed by atoms with Crippen LogP contribution in [-0.4, -0.2) is 56.1 Å². The van der Waals surface area contributed by atoms with Crippen molar-refractivity contribution in [2.45, 2.75) is 70.5 Å². The minimum absolute atomic E-state index is 0.0193. The summed E-state index contributed by atoms with van der Waals surface area (Å²) in [7, 11) is 0. The molecule has 1 unspecified atom stereocenters. The Morgan fingerprint density at radius 1 is 1.18 bits per heavy atom. The van der Waals surface area contributed by atoms with Crippen LogP contribution in [0.5, 0.6) is 0 Å². The van der Waals surface area contributed by atoms with Gasteiger partial charge >= 0.3 is 0 Å². The Morgan fingerprint density at radius 3 is 2.68 bits per heavy atom. The normalized spacial score (nSPS) is 25.0. The predicted molar refractivity (Wildman–Crippen MR) is 109 cm³/mol. The zero-order chi connectivity index (χ0) is 19.9. The zero-order valence-corrected chi connectivity index (χ0v) is 17.2. The topological polar surface area (TPSA) is 98.8 Å². The van der Waals surface area contributed by atoms with Crippen molar-refractivity contribution >= 4 is 22.9 Å². The van der Waals surface area contributed by atoms with Crippen LogP contribution in [0.1, 0.15) is 53.4 Å². The van der Waals surface area contributed by atoms with Crippen LogP contribution in [0.15, 0.2) is 12.7 Å². The molecule has 0 spiro atoms. The lowest BCUT2D eigenvalue weighted by Gasteiger charge is -2.47. The molecule has 0 radical (unpaired) electrons. The van der Waals surface area contributed by atoms with E-state index in [1.807, 2.05) is 0 Å². The summed E-state index contributed by atoms with van der Waals surface area (Å²) in [6.45, 7) is 10.4. The summed E-state index contributed by atoms with van der Waals surface area (Å²) in [5.74, 6) is 0.977. The first-order valence-corrected chi connectivity index (χ1v) is 10.2. The first kappa shape index (κ1) is 19.1. The standard InChI is InChI=1S/C20H31N7O/c1-19(2)8-14(9-20(3,4)26-19)25-18(28)13-6-5-7-27(10-13)17-15-16(22-11-21-15)23-12-24-17/h11-14,26H,5-10H2,1-4H3,(H,25,28)(H,21,22,23,24). The van der Waals surface area contributed by atoms with E-state index in [1.54, 1.807) is 12.7 Å². The maximum Gasteiger partial charge on any atom is 0.225 e. The van der Waals surface area contributed by atoms with E-state index in [2.05, 4.69) is 63.2 Å². The first-order chi connectivity index (χ1) is 13.2. The van der Waals surface area contributed by atoms with Crippen molar-refractivity contribution in [2.75, 3.05) is 18.0 Å². The fraction of sp³-hybridized carbons (Fsp3) is 0.700. The highest BCUT2D eigenvalue weighted by atomic mass is 16.2. The molecule has 2 aliphatic rings. The lowest BCUT2D eigenvalue weighted by atomic mass is 9.79. The van der Waals surface area contributed by atoms with Gasteiger partial charge in [-0.05, 0) is 53.4 Å². The number of H-pyrrole nitrogens is 1. The Morgan fingerprint density at radius 2 is 1.93 bits per heavy atom. The maximum absolute atomic E-state index is 13.1. The van der Waals surface area contributed by atoms with Gasteiger partial charge in [-0.3, -0.25) is 4.79 Å². The Balaban J connectivity index is 1.44. The summed E-state index contributed by atoms with van der Waals surface area (Å²) < 4.78 is 0. The van der Waals surface area contributed by atoms with Gasteiger partial charge < -0.3 is 20.5 Å². The maximum atomic E-state index is 13.1. The number of aromatic nitrogens is 4. The molecule has 28 heavy (non-hydrogen) atoms. The lowest BCUT2D eigenvalue weighted by Crippen LogP contribution is -2.62. The van der Waals surface area contributed by atoms with E-state index in [0.717, 1.165) is 43.6 Å². The minimum atomic E-state index is -0.0252. The molecule has 2 aliphatic heterocycles. The van der Waals surface area contributed by atoms with Gasteiger partial charge in [-0.25, -0.2) is 15.0 Å². The van der Waals surface area contributed by atoms with Crippen LogP contribution in [0.2, 0.25) is 0 Å². The van der Waals surface area contributed by atoms with Crippen molar-refractivity contribution in [2.24, 2.45) is 5.92 Å². The SMILES string of the molecule is CC1(C)CC(NC(=O)C2CCCN(c3ncnc4nc[nH]c34)C2)CC(C)(C)N1. The van der Waals surface area contributed by atoms with E-state index >= 15 is 0 Å². The van der Waals surface area contributed by atoms with Gasteiger partial charge in [-0.1, -0.05) is 0 Å². The molecule has 8 nitrogen and oxygen atoms in total. The Labute approximate surface area is 165 Å². The predicted octanol–water partition coefficient (Wildman–Crippen LogP) is 1.99. The number of hydrogen-bond acceptors (Lipinski definition) is 6. The Hall–Kier alpha value is -2.22. The van der Waals surface area contributed by atoms with E-state index < -0.39 is 0 Å². The van der Waals surface area contributed by atoms with Crippen molar-refractivity contribution < 1.29 is 4.79 Å². The zero-order valence-electron chi connectivity index (χ0n) is 17.2. The second kappa shape index (κ2) is 6.99. The number of nitrogens with one attached hydrogen (secondary N) is 3. The van der Waals surface area contributed by atoms with E-state index in [9.17, 15) is 4.79 Å². The molecule has 3 N–H and O–H groups in total. The first-order valence-electron chi connectivity index (χ1n) is 10.2.